The molecule has 0 atom stereocenters. The lowest BCUT2D eigenvalue weighted by Crippen LogP contribution is -1.78. The van der Waals surface area contributed by atoms with E-state index in [1.807, 2.05) is 0 Å². The van der Waals surface area contributed by atoms with E-state index in [4.69, 9.17) is 16.3 Å². The second-order valence-corrected chi connectivity index (χ2v) is 2.99. The third-order valence-corrected chi connectivity index (χ3v) is 2.34. The van der Waals surface area contributed by atoms with Crippen LogP contribution >= 0.6 is 22.9 Å². The molecule has 0 aliphatic heterocycles. The maximum absolute atomic E-state index is 10.5. The van der Waals surface area contributed by atoms with Gasteiger partial charge in [0, 0.05) is 0 Å². The molecule has 0 bridgehead atoms. The normalized spacial score (nSPS) is 9.40. The minimum atomic E-state index is -0.437. The smallest absolute Gasteiger partial charge is 0.262 e. The van der Waals surface area contributed by atoms with Gasteiger partial charge in [-0.1, -0.05) is 11.3 Å². The summed E-state index contributed by atoms with van der Waals surface area (Å²) >= 11 is 6.43. The van der Waals surface area contributed by atoms with E-state index < -0.39 is 5.24 Å². The van der Waals surface area contributed by atoms with Crippen LogP contribution in [0.25, 0.3) is 0 Å². The Morgan fingerprint density at radius 3 is 2.70 bits per heavy atom. The Labute approximate surface area is 67.4 Å². The van der Waals surface area contributed by atoms with Crippen molar-refractivity contribution in [2.75, 3.05) is 7.11 Å². The molecule has 4 heteroatoms. The van der Waals surface area contributed by atoms with Crippen molar-refractivity contribution in [2.45, 2.75) is 0 Å². The van der Waals surface area contributed by atoms with Gasteiger partial charge in [-0.2, -0.15) is 0 Å². The number of ether oxygens (including phenoxy) is 1. The van der Waals surface area contributed by atoms with E-state index in [0.717, 1.165) is 0 Å². The predicted molar refractivity (Wildman–Crippen MR) is 41.1 cm³/mol. The molecule has 10 heavy (non-hydrogen) atoms. The maximum Gasteiger partial charge on any atom is 0.262 e. The molecule has 1 rings (SSSR count). The zero-order valence-corrected chi connectivity index (χ0v) is 6.83. The Morgan fingerprint density at radius 1 is 1.70 bits per heavy atom. The van der Waals surface area contributed by atoms with Crippen LogP contribution in [-0.4, -0.2) is 12.4 Å². The summed E-state index contributed by atoms with van der Waals surface area (Å²) in [7, 11) is 1.55. The van der Waals surface area contributed by atoms with Gasteiger partial charge in [-0.15, -0.1) is 0 Å². The largest absolute Gasteiger partial charge is 0.487 e. The van der Waals surface area contributed by atoms with Crippen molar-refractivity contribution in [1.82, 2.24) is 0 Å². The highest BCUT2D eigenvalue weighted by Crippen LogP contribution is 2.24. The van der Waals surface area contributed by atoms with Crippen molar-refractivity contribution in [2.24, 2.45) is 0 Å². The Hall–Kier alpha value is -0.540. The van der Waals surface area contributed by atoms with E-state index in [1.165, 1.54) is 11.3 Å². The van der Waals surface area contributed by atoms with Crippen molar-refractivity contribution < 1.29 is 9.53 Å². The number of thiophene rings is 1. The fourth-order valence-electron chi connectivity index (χ4n) is 0.535. The van der Waals surface area contributed by atoms with Gasteiger partial charge in [0.25, 0.3) is 5.24 Å². The van der Waals surface area contributed by atoms with Crippen LogP contribution in [0.2, 0.25) is 0 Å². The van der Waals surface area contributed by atoms with Crippen LogP contribution in [0.1, 0.15) is 9.67 Å². The van der Waals surface area contributed by atoms with E-state index in [9.17, 15) is 4.79 Å². The SMILES string of the molecule is COc1ccc(C(=O)Cl)s1. The summed E-state index contributed by atoms with van der Waals surface area (Å²) in [5.41, 5.74) is 0. The highest BCUT2D eigenvalue weighted by atomic mass is 35.5. The zero-order chi connectivity index (χ0) is 7.56. The second kappa shape index (κ2) is 3.03. The molecule has 0 N–H and O–H groups in total. The summed E-state index contributed by atoms with van der Waals surface area (Å²) in [6.07, 6.45) is 0. The first kappa shape index (κ1) is 7.57. The van der Waals surface area contributed by atoms with Gasteiger partial charge in [-0.05, 0) is 23.7 Å². The first-order chi connectivity index (χ1) is 4.74. The summed E-state index contributed by atoms with van der Waals surface area (Å²) in [6, 6.07) is 3.35. The molecule has 0 amide bonds. The van der Waals surface area contributed by atoms with Gasteiger partial charge in [0.15, 0.2) is 5.06 Å². The van der Waals surface area contributed by atoms with Gasteiger partial charge in [-0.3, -0.25) is 4.79 Å². The van der Waals surface area contributed by atoms with Crippen molar-refractivity contribution in [3.8, 4) is 5.06 Å². The Bertz CT molecular complexity index is 244. The minimum Gasteiger partial charge on any atom is -0.487 e. The van der Waals surface area contributed by atoms with Crippen LogP contribution in [0.4, 0.5) is 0 Å². The average molecular weight is 177 g/mol. The standard InChI is InChI=1S/C6H5ClO2S/c1-9-5-3-2-4(10-5)6(7)8/h2-3H,1H3. The van der Waals surface area contributed by atoms with Crippen molar-refractivity contribution in [1.29, 1.82) is 0 Å². The number of halogens is 1. The summed E-state index contributed by atoms with van der Waals surface area (Å²) in [5.74, 6) is 0. The van der Waals surface area contributed by atoms with E-state index in [-0.39, 0.29) is 0 Å². The summed E-state index contributed by atoms with van der Waals surface area (Å²) in [4.78, 5) is 11.0. The van der Waals surface area contributed by atoms with Gasteiger partial charge in [-0.25, -0.2) is 0 Å². The van der Waals surface area contributed by atoms with Crippen molar-refractivity contribution >= 4 is 28.2 Å². The third-order valence-electron chi connectivity index (χ3n) is 0.976. The van der Waals surface area contributed by atoms with E-state index in [2.05, 4.69) is 0 Å². The summed E-state index contributed by atoms with van der Waals surface area (Å²) in [5, 5.41) is 0.261. The first-order valence-corrected chi connectivity index (χ1v) is 3.77. The number of carbonyl (C=O) groups excluding carboxylic acids is 1. The Balaban J connectivity index is 2.88. The van der Waals surface area contributed by atoms with Gasteiger partial charge in [0.05, 0.1) is 12.0 Å². The Kier molecular flexibility index (Phi) is 2.29. The van der Waals surface area contributed by atoms with Crippen LogP contribution in [0, 0.1) is 0 Å². The molecule has 0 saturated heterocycles. The molecule has 0 unspecified atom stereocenters. The molecule has 0 aliphatic rings. The van der Waals surface area contributed by atoms with Crippen molar-refractivity contribution in [3.05, 3.63) is 17.0 Å². The molecule has 0 fully saturated rings. The molecule has 0 aliphatic carbocycles. The fraction of sp³-hybridized carbons (Fsp3) is 0.167. The molecular weight excluding hydrogens is 172 g/mol. The molecule has 0 spiro atoms. The Morgan fingerprint density at radius 2 is 2.40 bits per heavy atom. The number of hydrogen-bond acceptors (Lipinski definition) is 3. The molecule has 1 aromatic heterocycles. The predicted octanol–water partition coefficient (Wildman–Crippen LogP) is 2.14. The van der Waals surface area contributed by atoms with Crippen LogP contribution in [0.15, 0.2) is 12.1 Å². The van der Waals surface area contributed by atoms with Crippen LogP contribution < -0.4 is 4.74 Å². The lowest BCUT2D eigenvalue weighted by molar-refractivity contribution is 0.108. The number of rotatable bonds is 2. The number of hydrogen-bond donors (Lipinski definition) is 0. The fourth-order valence-corrected chi connectivity index (χ4v) is 1.37. The average Bonchev–Trinajstić information content (AvgIpc) is 2.34. The quantitative estimate of drug-likeness (QED) is 0.646. The molecule has 0 radical (unpaired) electrons. The molecule has 0 aromatic carbocycles. The van der Waals surface area contributed by atoms with Gasteiger partial charge < -0.3 is 4.74 Å². The van der Waals surface area contributed by atoms with Crippen LogP contribution in [0.5, 0.6) is 5.06 Å². The second-order valence-electron chi connectivity index (χ2n) is 1.60. The van der Waals surface area contributed by atoms with Crippen LogP contribution in [-0.2, 0) is 0 Å². The van der Waals surface area contributed by atoms with Crippen LogP contribution in [0.3, 0.4) is 0 Å². The lowest BCUT2D eigenvalue weighted by atomic mass is 10.5. The molecule has 1 heterocycles. The van der Waals surface area contributed by atoms with Crippen molar-refractivity contribution in [3.63, 3.8) is 0 Å². The van der Waals surface area contributed by atoms with Gasteiger partial charge in [0.1, 0.15) is 0 Å². The topological polar surface area (TPSA) is 26.3 Å². The molecule has 0 saturated carbocycles. The lowest BCUT2D eigenvalue weighted by Gasteiger charge is -1.87. The minimum absolute atomic E-state index is 0.437. The highest BCUT2D eigenvalue weighted by molar-refractivity contribution is 7.17. The van der Waals surface area contributed by atoms with E-state index in [0.29, 0.717) is 9.94 Å². The molecule has 2 nitrogen and oxygen atoms in total. The van der Waals surface area contributed by atoms with E-state index in [1.54, 1.807) is 19.2 Å². The van der Waals surface area contributed by atoms with Gasteiger partial charge >= 0.3 is 0 Å². The van der Waals surface area contributed by atoms with Gasteiger partial charge in [0.2, 0.25) is 0 Å². The molecule has 54 valence electrons. The zero-order valence-electron chi connectivity index (χ0n) is 5.26. The number of methoxy groups -OCH3 is 1. The maximum atomic E-state index is 10.5. The first-order valence-electron chi connectivity index (χ1n) is 2.57. The molecule has 1 aromatic rings. The summed E-state index contributed by atoms with van der Waals surface area (Å²) in [6.45, 7) is 0. The highest BCUT2D eigenvalue weighted by Gasteiger charge is 2.04. The molecular formula is C6H5ClO2S. The monoisotopic (exact) mass is 176 g/mol. The number of carbonyl (C=O) groups is 1. The summed E-state index contributed by atoms with van der Waals surface area (Å²) < 4.78 is 4.85. The van der Waals surface area contributed by atoms with E-state index >= 15 is 0 Å². The third kappa shape index (κ3) is 1.49.